The van der Waals surface area contributed by atoms with E-state index in [-0.39, 0.29) is 11.6 Å². The summed E-state index contributed by atoms with van der Waals surface area (Å²) in [4.78, 5) is 11.8. The van der Waals surface area contributed by atoms with E-state index in [0.29, 0.717) is 5.56 Å². The molecular formula is C18H25N3O5S. The van der Waals surface area contributed by atoms with Gasteiger partial charge in [-0.05, 0) is 52.7 Å². The quantitative estimate of drug-likeness (QED) is 0.827. The van der Waals surface area contributed by atoms with Crippen molar-refractivity contribution in [3.05, 3.63) is 40.8 Å². The molecule has 0 aliphatic carbocycles. The van der Waals surface area contributed by atoms with Gasteiger partial charge in [0.1, 0.15) is 11.6 Å². The maximum Gasteiger partial charge on any atom is 0.408 e. The van der Waals surface area contributed by atoms with Gasteiger partial charge in [-0.2, -0.15) is 0 Å². The molecule has 8 nitrogen and oxygen atoms in total. The molecule has 0 spiro atoms. The van der Waals surface area contributed by atoms with Crippen LogP contribution in [-0.4, -0.2) is 30.3 Å². The summed E-state index contributed by atoms with van der Waals surface area (Å²) in [6.07, 6.45) is -0.659. The molecule has 27 heavy (non-hydrogen) atoms. The monoisotopic (exact) mass is 395 g/mol. The van der Waals surface area contributed by atoms with Crippen LogP contribution in [0.25, 0.3) is 0 Å². The first-order valence-electron chi connectivity index (χ1n) is 8.49. The van der Waals surface area contributed by atoms with Gasteiger partial charge in [0, 0.05) is 0 Å². The van der Waals surface area contributed by atoms with Crippen LogP contribution < -0.4 is 5.32 Å². The summed E-state index contributed by atoms with van der Waals surface area (Å²) in [5, 5.41) is 9.45. The fourth-order valence-corrected chi connectivity index (χ4v) is 3.51. The highest BCUT2D eigenvalue weighted by Crippen LogP contribution is 2.21. The van der Waals surface area contributed by atoms with Gasteiger partial charge in [0.2, 0.25) is 15.7 Å². The van der Waals surface area contributed by atoms with Gasteiger partial charge in [0.05, 0.1) is 5.75 Å². The van der Waals surface area contributed by atoms with E-state index in [1.54, 1.807) is 27.7 Å². The van der Waals surface area contributed by atoms with Gasteiger partial charge >= 0.3 is 11.3 Å². The third-order valence-electron chi connectivity index (χ3n) is 3.64. The zero-order valence-corrected chi connectivity index (χ0v) is 17.2. The molecule has 1 heterocycles. The van der Waals surface area contributed by atoms with Crippen LogP contribution in [-0.2, 0) is 20.3 Å². The van der Waals surface area contributed by atoms with Gasteiger partial charge < -0.3 is 14.5 Å². The predicted octanol–water partition coefficient (Wildman–Crippen LogP) is 3.25. The molecule has 0 saturated carbocycles. The molecule has 2 aromatic rings. The topological polar surface area (TPSA) is 111 Å². The van der Waals surface area contributed by atoms with E-state index < -0.39 is 32.8 Å². The van der Waals surface area contributed by atoms with E-state index in [4.69, 9.17) is 9.15 Å². The molecule has 0 aliphatic rings. The third kappa shape index (κ3) is 5.78. The minimum absolute atomic E-state index is 0.0135. The fraction of sp³-hybridized carbons (Fsp3) is 0.500. The molecule has 0 bridgehead atoms. The lowest BCUT2D eigenvalue weighted by Gasteiger charge is -2.20. The Bertz CT molecular complexity index is 929. The van der Waals surface area contributed by atoms with Crippen molar-refractivity contribution in [1.29, 1.82) is 0 Å². The Morgan fingerprint density at radius 3 is 2.56 bits per heavy atom. The van der Waals surface area contributed by atoms with Crippen molar-refractivity contribution in [2.24, 2.45) is 0 Å². The van der Waals surface area contributed by atoms with Gasteiger partial charge in [0.25, 0.3) is 0 Å². The largest absolute Gasteiger partial charge is 0.444 e. The maximum absolute atomic E-state index is 12.6. The lowest BCUT2D eigenvalue weighted by molar-refractivity contribution is 0.0500. The highest BCUT2D eigenvalue weighted by Gasteiger charge is 2.27. The Morgan fingerprint density at radius 2 is 1.93 bits per heavy atom. The zero-order chi connectivity index (χ0) is 20.4. The van der Waals surface area contributed by atoms with Crippen LogP contribution in [0, 0.1) is 13.8 Å². The number of sulfone groups is 1. The molecule has 1 N–H and O–H groups in total. The average molecular weight is 395 g/mol. The van der Waals surface area contributed by atoms with Crippen LogP contribution in [0.15, 0.2) is 27.8 Å². The summed E-state index contributed by atoms with van der Waals surface area (Å²) in [6, 6.07) is 4.90. The molecular weight excluding hydrogens is 370 g/mol. The lowest BCUT2D eigenvalue weighted by Crippen LogP contribution is -2.34. The van der Waals surface area contributed by atoms with Gasteiger partial charge in [-0.3, -0.25) is 0 Å². The molecule has 9 heteroatoms. The molecule has 0 saturated heterocycles. The first-order valence-corrected chi connectivity index (χ1v) is 10.1. The number of carbonyl (C=O) groups excluding carboxylic acids is 1. The van der Waals surface area contributed by atoms with Crippen LogP contribution in [0.3, 0.4) is 0 Å². The van der Waals surface area contributed by atoms with Crippen LogP contribution in [0.4, 0.5) is 4.79 Å². The number of amides is 1. The zero-order valence-electron chi connectivity index (χ0n) is 16.4. The third-order valence-corrected chi connectivity index (χ3v) is 5.03. The van der Waals surface area contributed by atoms with E-state index >= 15 is 0 Å². The van der Waals surface area contributed by atoms with Crippen molar-refractivity contribution in [2.75, 3.05) is 0 Å². The SMILES string of the molecule is Cc1ccc(C)c(CS(=O)(=O)c2nnc([C@@H](C)NC(=O)OC(C)(C)C)o2)c1. The van der Waals surface area contributed by atoms with Crippen LogP contribution in [0.2, 0.25) is 0 Å². The molecule has 1 aromatic carbocycles. The lowest BCUT2D eigenvalue weighted by atomic mass is 10.1. The van der Waals surface area contributed by atoms with Gasteiger partial charge in [-0.1, -0.05) is 28.9 Å². The van der Waals surface area contributed by atoms with Crippen molar-refractivity contribution in [3.63, 3.8) is 0 Å². The number of aromatic nitrogens is 2. The predicted molar refractivity (Wildman–Crippen MR) is 98.9 cm³/mol. The standard InChI is InChI=1S/C18H25N3O5S/c1-11-7-8-12(2)14(9-11)10-27(23,24)17-21-20-15(25-17)13(3)19-16(22)26-18(4,5)6/h7-9,13H,10H2,1-6H3,(H,19,22)/t13-/m1/s1. The van der Waals surface area contributed by atoms with Crippen molar-refractivity contribution in [2.45, 2.75) is 64.2 Å². The molecule has 1 aromatic heterocycles. The summed E-state index contributed by atoms with van der Waals surface area (Å²) < 4.78 is 35.7. The second-order valence-electron chi connectivity index (χ2n) is 7.46. The van der Waals surface area contributed by atoms with Gasteiger partial charge in [-0.15, -0.1) is 5.10 Å². The molecule has 0 unspecified atom stereocenters. The highest BCUT2D eigenvalue weighted by atomic mass is 32.2. The summed E-state index contributed by atoms with van der Waals surface area (Å²) in [5.74, 6) is -0.254. The van der Waals surface area contributed by atoms with Gasteiger partial charge in [-0.25, -0.2) is 13.2 Å². The summed E-state index contributed by atoms with van der Waals surface area (Å²) in [7, 11) is -3.81. The van der Waals surface area contributed by atoms with Crippen molar-refractivity contribution < 1.29 is 22.4 Å². The number of ether oxygens (including phenoxy) is 1. The number of nitrogens with zero attached hydrogens (tertiary/aromatic N) is 2. The Labute approximate surface area is 159 Å². The second kappa shape index (κ2) is 7.67. The molecule has 0 fully saturated rings. The fourth-order valence-electron chi connectivity index (χ4n) is 2.29. The number of alkyl carbamates (subject to hydrolysis) is 1. The van der Waals surface area contributed by atoms with E-state index in [1.807, 2.05) is 32.0 Å². The average Bonchev–Trinajstić information content (AvgIpc) is 2.99. The molecule has 0 radical (unpaired) electrons. The van der Waals surface area contributed by atoms with Gasteiger partial charge in [0.15, 0.2) is 0 Å². The summed E-state index contributed by atoms with van der Waals surface area (Å²) in [5.41, 5.74) is 1.85. The summed E-state index contributed by atoms with van der Waals surface area (Å²) >= 11 is 0. The van der Waals surface area contributed by atoms with E-state index in [0.717, 1.165) is 11.1 Å². The van der Waals surface area contributed by atoms with Crippen molar-refractivity contribution in [3.8, 4) is 0 Å². The molecule has 1 amide bonds. The number of hydrogen-bond donors (Lipinski definition) is 1. The Kier molecular flexibility index (Phi) is 5.94. The number of nitrogens with one attached hydrogen (secondary N) is 1. The maximum atomic E-state index is 12.6. The molecule has 148 valence electrons. The second-order valence-corrected chi connectivity index (χ2v) is 9.33. The first-order chi connectivity index (χ1) is 12.4. The number of rotatable bonds is 5. The molecule has 0 aliphatic heterocycles. The molecule has 1 atom stereocenters. The van der Waals surface area contributed by atoms with E-state index in [1.165, 1.54) is 0 Å². The minimum atomic E-state index is -3.81. The van der Waals surface area contributed by atoms with E-state index in [9.17, 15) is 13.2 Å². The normalized spacial score (nSPS) is 13.3. The Morgan fingerprint density at radius 1 is 1.26 bits per heavy atom. The summed E-state index contributed by atoms with van der Waals surface area (Å²) in [6.45, 7) is 10.5. The Balaban J connectivity index is 2.13. The van der Waals surface area contributed by atoms with E-state index in [2.05, 4.69) is 15.5 Å². The number of aryl methyl sites for hydroxylation is 2. The van der Waals surface area contributed by atoms with Crippen LogP contribution in [0.5, 0.6) is 0 Å². The molecule has 2 rings (SSSR count). The van der Waals surface area contributed by atoms with Crippen LogP contribution >= 0.6 is 0 Å². The van der Waals surface area contributed by atoms with Crippen molar-refractivity contribution in [1.82, 2.24) is 15.5 Å². The number of hydrogen-bond acceptors (Lipinski definition) is 7. The first kappa shape index (κ1) is 20.9. The minimum Gasteiger partial charge on any atom is -0.444 e. The Hall–Kier alpha value is -2.42. The highest BCUT2D eigenvalue weighted by molar-refractivity contribution is 7.90. The number of carbonyl (C=O) groups is 1. The smallest absolute Gasteiger partial charge is 0.408 e. The van der Waals surface area contributed by atoms with Crippen LogP contribution in [0.1, 0.15) is 56.3 Å². The van der Waals surface area contributed by atoms with Crippen molar-refractivity contribution >= 4 is 15.9 Å². The number of benzene rings is 1.